The molecule has 1 aromatic rings. The number of hydrogen-bond acceptors (Lipinski definition) is 3. The smallest absolute Gasteiger partial charge is 0.311 e. The maximum absolute atomic E-state index is 12.7. The van der Waals surface area contributed by atoms with Crippen LogP contribution in [0.2, 0.25) is 0 Å². The minimum Gasteiger partial charge on any atom is -0.469 e. The van der Waals surface area contributed by atoms with Crippen LogP contribution < -0.4 is 5.56 Å². The molecule has 0 atom stereocenters. The van der Waals surface area contributed by atoms with Crippen molar-refractivity contribution in [3.05, 3.63) is 33.2 Å². The van der Waals surface area contributed by atoms with Crippen LogP contribution in [0.1, 0.15) is 23.2 Å². The number of nitrogens with one attached hydrogen (secondary N) is 1. The second kappa shape index (κ2) is 5.77. The van der Waals surface area contributed by atoms with Crippen molar-refractivity contribution in [1.82, 2.24) is 4.98 Å². The van der Waals surface area contributed by atoms with Crippen molar-refractivity contribution in [3.8, 4) is 0 Å². The highest BCUT2D eigenvalue weighted by Gasteiger charge is 2.19. The summed E-state index contributed by atoms with van der Waals surface area (Å²) in [5, 5.41) is 0. The third-order valence-electron chi connectivity index (χ3n) is 2.19. The maximum Gasteiger partial charge on any atom is 0.311 e. The predicted octanol–water partition coefficient (Wildman–Crippen LogP) is 1.77. The quantitative estimate of drug-likeness (QED) is 0.667. The molecule has 0 unspecified atom stereocenters. The fourth-order valence-corrected chi connectivity index (χ4v) is 1.70. The van der Waals surface area contributed by atoms with Gasteiger partial charge in [-0.15, -0.1) is 11.6 Å². The third-order valence-corrected chi connectivity index (χ3v) is 2.46. The number of alkyl halides is 3. The summed E-state index contributed by atoms with van der Waals surface area (Å²) in [6, 6.07) is 0.781. The van der Waals surface area contributed by atoms with E-state index in [1.807, 2.05) is 0 Å². The van der Waals surface area contributed by atoms with Crippen LogP contribution in [0.3, 0.4) is 0 Å². The molecule has 0 fully saturated rings. The number of methoxy groups -OCH3 is 1. The molecule has 0 bridgehead atoms. The van der Waals surface area contributed by atoms with Crippen LogP contribution >= 0.6 is 11.6 Å². The van der Waals surface area contributed by atoms with E-state index >= 15 is 0 Å². The van der Waals surface area contributed by atoms with Crippen molar-refractivity contribution >= 4 is 17.6 Å². The first-order valence-electron chi connectivity index (χ1n) is 4.65. The van der Waals surface area contributed by atoms with Crippen molar-refractivity contribution in [3.63, 3.8) is 0 Å². The van der Waals surface area contributed by atoms with Crippen LogP contribution in [0, 0.1) is 0 Å². The SMILES string of the molecule is COC(=O)Cc1[nH]c(=O)cc(C(F)F)c1CCl. The lowest BCUT2D eigenvalue weighted by Crippen LogP contribution is -2.17. The Labute approximate surface area is 101 Å². The minimum atomic E-state index is -2.82. The van der Waals surface area contributed by atoms with Gasteiger partial charge in [-0.25, -0.2) is 8.78 Å². The number of rotatable bonds is 4. The summed E-state index contributed by atoms with van der Waals surface area (Å²) in [7, 11) is 1.16. The van der Waals surface area contributed by atoms with Crippen LogP contribution in [0.25, 0.3) is 0 Å². The third kappa shape index (κ3) is 3.26. The lowest BCUT2D eigenvalue weighted by molar-refractivity contribution is -0.139. The molecule has 0 saturated heterocycles. The second-order valence-electron chi connectivity index (χ2n) is 3.23. The lowest BCUT2D eigenvalue weighted by Gasteiger charge is -2.10. The molecule has 0 aromatic carbocycles. The zero-order valence-corrected chi connectivity index (χ0v) is 9.68. The van der Waals surface area contributed by atoms with Crippen molar-refractivity contribution in [1.29, 1.82) is 0 Å². The van der Waals surface area contributed by atoms with Crippen molar-refractivity contribution in [2.45, 2.75) is 18.7 Å². The van der Waals surface area contributed by atoms with Gasteiger partial charge in [-0.2, -0.15) is 0 Å². The molecule has 0 aliphatic rings. The largest absolute Gasteiger partial charge is 0.469 e. The number of carbonyl (C=O) groups excluding carboxylic acids is 1. The molecule has 1 heterocycles. The molecule has 4 nitrogen and oxygen atoms in total. The number of H-pyrrole nitrogens is 1. The van der Waals surface area contributed by atoms with E-state index in [1.54, 1.807) is 0 Å². The molecule has 94 valence electrons. The molecule has 0 spiro atoms. The first kappa shape index (κ1) is 13.6. The molecule has 0 saturated carbocycles. The van der Waals surface area contributed by atoms with Crippen LogP contribution in [0.15, 0.2) is 10.9 Å². The van der Waals surface area contributed by atoms with Crippen molar-refractivity contribution < 1.29 is 18.3 Å². The standard InChI is InChI=1S/C10H10ClF2NO3/c1-17-9(16)3-7-6(4-11)5(10(12)13)2-8(15)14-7/h2,10H,3-4H2,1H3,(H,14,15). The Morgan fingerprint density at radius 2 is 2.24 bits per heavy atom. The zero-order valence-electron chi connectivity index (χ0n) is 8.93. The first-order valence-corrected chi connectivity index (χ1v) is 5.19. The fourth-order valence-electron chi connectivity index (χ4n) is 1.38. The van der Waals surface area contributed by atoms with Gasteiger partial charge in [-0.3, -0.25) is 9.59 Å². The zero-order chi connectivity index (χ0) is 13.0. The van der Waals surface area contributed by atoms with Crippen LogP contribution in [-0.2, 0) is 21.8 Å². The van der Waals surface area contributed by atoms with Gasteiger partial charge in [0.15, 0.2) is 0 Å². The average Bonchev–Trinajstić information content (AvgIpc) is 2.28. The maximum atomic E-state index is 12.7. The average molecular weight is 266 g/mol. The fraction of sp³-hybridized carbons (Fsp3) is 0.400. The highest BCUT2D eigenvalue weighted by atomic mass is 35.5. The van der Waals surface area contributed by atoms with Crippen molar-refractivity contribution in [2.75, 3.05) is 7.11 Å². The molecule has 17 heavy (non-hydrogen) atoms. The first-order chi connectivity index (χ1) is 7.99. The van der Waals surface area contributed by atoms with E-state index in [0.29, 0.717) is 0 Å². The monoisotopic (exact) mass is 265 g/mol. The summed E-state index contributed by atoms with van der Waals surface area (Å²) in [6.07, 6.45) is -3.11. The minimum absolute atomic E-state index is 0.0617. The Balaban J connectivity index is 3.28. The Kier molecular flexibility index (Phi) is 4.62. The highest BCUT2D eigenvalue weighted by Crippen LogP contribution is 2.24. The van der Waals surface area contributed by atoms with Gasteiger partial charge in [0.2, 0.25) is 5.56 Å². The van der Waals surface area contributed by atoms with E-state index in [0.717, 1.165) is 13.2 Å². The normalized spacial score (nSPS) is 10.6. The van der Waals surface area contributed by atoms with E-state index in [-0.39, 0.29) is 23.6 Å². The van der Waals surface area contributed by atoms with Gasteiger partial charge in [0, 0.05) is 23.2 Å². The van der Waals surface area contributed by atoms with Gasteiger partial charge in [0.25, 0.3) is 6.43 Å². The number of ether oxygens (including phenoxy) is 1. The second-order valence-corrected chi connectivity index (χ2v) is 3.50. The Hall–Kier alpha value is -1.43. The number of esters is 1. The van der Waals surface area contributed by atoms with E-state index < -0.39 is 23.5 Å². The summed E-state index contributed by atoms with van der Waals surface area (Å²) < 4.78 is 29.7. The van der Waals surface area contributed by atoms with Gasteiger partial charge in [-0.05, 0) is 5.56 Å². The summed E-state index contributed by atoms with van der Waals surface area (Å²) in [5.41, 5.74) is -1.03. The number of hydrogen-bond donors (Lipinski definition) is 1. The van der Waals surface area contributed by atoms with Gasteiger partial charge >= 0.3 is 5.97 Å². The molecule has 0 amide bonds. The summed E-state index contributed by atoms with van der Waals surface area (Å²) in [6.45, 7) is 0. The summed E-state index contributed by atoms with van der Waals surface area (Å²) in [5.74, 6) is -0.860. The van der Waals surface area contributed by atoms with E-state index in [4.69, 9.17) is 11.6 Å². The molecule has 1 N–H and O–H groups in total. The lowest BCUT2D eigenvalue weighted by atomic mass is 10.1. The Morgan fingerprint density at radius 3 is 2.71 bits per heavy atom. The Morgan fingerprint density at radius 1 is 1.59 bits per heavy atom. The number of aromatic nitrogens is 1. The molecule has 0 aliphatic heterocycles. The molecule has 1 rings (SSSR count). The van der Waals surface area contributed by atoms with Gasteiger partial charge < -0.3 is 9.72 Å². The molecule has 0 aliphatic carbocycles. The van der Waals surface area contributed by atoms with E-state index in [9.17, 15) is 18.4 Å². The highest BCUT2D eigenvalue weighted by molar-refractivity contribution is 6.17. The molecule has 7 heteroatoms. The van der Waals surface area contributed by atoms with Gasteiger partial charge in [-0.1, -0.05) is 0 Å². The molecule has 0 radical (unpaired) electrons. The molecular formula is C10H10ClF2NO3. The van der Waals surface area contributed by atoms with Gasteiger partial charge in [0.05, 0.1) is 13.5 Å². The van der Waals surface area contributed by atoms with Crippen LogP contribution in [-0.4, -0.2) is 18.1 Å². The molecule has 1 aromatic heterocycles. The number of halogens is 3. The number of carbonyl (C=O) groups is 1. The Bertz CT molecular complexity index is 473. The molecular weight excluding hydrogens is 256 g/mol. The summed E-state index contributed by atoms with van der Waals surface area (Å²) >= 11 is 5.55. The van der Waals surface area contributed by atoms with Gasteiger partial charge in [0.1, 0.15) is 0 Å². The van der Waals surface area contributed by atoms with Crippen LogP contribution in [0.4, 0.5) is 8.78 Å². The van der Waals surface area contributed by atoms with E-state index in [1.165, 1.54) is 0 Å². The number of pyridine rings is 1. The predicted molar refractivity (Wildman–Crippen MR) is 57.3 cm³/mol. The van der Waals surface area contributed by atoms with Crippen molar-refractivity contribution in [2.24, 2.45) is 0 Å². The summed E-state index contributed by atoms with van der Waals surface area (Å²) in [4.78, 5) is 24.5. The van der Waals surface area contributed by atoms with Crippen LogP contribution in [0.5, 0.6) is 0 Å². The van der Waals surface area contributed by atoms with E-state index in [2.05, 4.69) is 9.72 Å². The topological polar surface area (TPSA) is 59.2 Å². The number of aromatic amines is 1.